The van der Waals surface area contributed by atoms with Crippen molar-refractivity contribution in [1.29, 1.82) is 0 Å². The minimum atomic E-state index is 0.728. The predicted octanol–water partition coefficient (Wildman–Crippen LogP) is 5.07. The van der Waals surface area contributed by atoms with Crippen molar-refractivity contribution in [1.82, 2.24) is 4.98 Å². The number of aromatic nitrogens is 1. The second kappa shape index (κ2) is 5.98. The standard InChI is InChI=1S/C18H14ClNO/c1-21-17-9-3-13(4-10-17)2-7-16-8-5-14-12-15(19)6-11-18(14)20-16/h2-12H,1H3. The third-order valence-corrected chi connectivity index (χ3v) is 3.47. The summed E-state index contributed by atoms with van der Waals surface area (Å²) in [4.78, 5) is 4.59. The number of benzene rings is 2. The molecule has 0 bridgehead atoms. The first-order valence-electron chi connectivity index (χ1n) is 6.63. The van der Waals surface area contributed by atoms with Crippen LogP contribution < -0.4 is 4.74 Å². The summed E-state index contributed by atoms with van der Waals surface area (Å²) in [6.07, 6.45) is 4.03. The smallest absolute Gasteiger partial charge is 0.118 e. The number of methoxy groups -OCH3 is 1. The molecular weight excluding hydrogens is 282 g/mol. The Kier molecular flexibility index (Phi) is 3.89. The van der Waals surface area contributed by atoms with E-state index in [1.54, 1.807) is 7.11 Å². The van der Waals surface area contributed by atoms with Gasteiger partial charge in [0.2, 0.25) is 0 Å². The number of fused-ring (bicyclic) bond motifs is 1. The summed E-state index contributed by atoms with van der Waals surface area (Å²) in [5.41, 5.74) is 2.96. The van der Waals surface area contributed by atoms with Crippen LogP contribution in [-0.2, 0) is 0 Å². The van der Waals surface area contributed by atoms with Crippen LogP contribution in [0.1, 0.15) is 11.3 Å². The van der Waals surface area contributed by atoms with Crippen molar-refractivity contribution in [3.05, 3.63) is 70.9 Å². The molecule has 0 saturated heterocycles. The van der Waals surface area contributed by atoms with Crippen LogP contribution in [0.3, 0.4) is 0 Å². The van der Waals surface area contributed by atoms with Gasteiger partial charge in [-0.05, 0) is 48.0 Å². The molecule has 0 atom stereocenters. The van der Waals surface area contributed by atoms with Crippen molar-refractivity contribution in [2.45, 2.75) is 0 Å². The van der Waals surface area contributed by atoms with Crippen LogP contribution in [0.4, 0.5) is 0 Å². The Bertz CT molecular complexity index is 794. The number of nitrogens with zero attached hydrogens (tertiary/aromatic N) is 1. The lowest BCUT2D eigenvalue weighted by atomic mass is 10.1. The summed E-state index contributed by atoms with van der Waals surface area (Å²) >= 11 is 5.97. The first-order chi connectivity index (χ1) is 10.2. The molecule has 1 aromatic heterocycles. The van der Waals surface area contributed by atoms with Crippen molar-refractivity contribution in [2.24, 2.45) is 0 Å². The van der Waals surface area contributed by atoms with Gasteiger partial charge in [0.15, 0.2) is 0 Å². The van der Waals surface area contributed by atoms with Gasteiger partial charge in [-0.3, -0.25) is 0 Å². The molecule has 2 nitrogen and oxygen atoms in total. The Morgan fingerprint density at radius 2 is 1.76 bits per heavy atom. The molecule has 0 spiro atoms. The van der Waals surface area contributed by atoms with E-state index in [1.165, 1.54) is 0 Å². The van der Waals surface area contributed by atoms with E-state index in [2.05, 4.69) is 4.98 Å². The largest absolute Gasteiger partial charge is 0.497 e. The predicted molar refractivity (Wildman–Crippen MR) is 88.7 cm³/mol. The quantitative estimate of drug-likeness (QED) is 0.673. The molecule has 2 aromatic carbocycles. The van der Waals surface area contributed by atoms with Gasteiger partial charge >= 0.3 is 0 Å². The van der Waals surface area contributed by atoms with Gasteiger partial charge < -0.3 is 4.74 Å². The van der Waals surface area contributed by atoms with E-state index in [0.717, 1.165) is 32.9 Å². The summed E-state index contributed by atoms with van der Waals surface area (Å²) in [6, 6.07) is 17.6. The van der Waals surface area contributed by atoms with Crippen LogP contribution in [0.5, 0.6) is 5.75 Å². The van der Waals surface area contributed by atoms with E-state index >= 15 is 0 Å². The molecule has 1 heterocycles. The Morgan fingerprint density at radius 1 is 0.952 bits per heavy atom. The molecule has 0 amide bonds. The van der Waals surface area contributed by atoms with Gasteiger partial charge in [0.25, 0.3) is 0 Å². The average Bonchev–Trinajstić information content (AvgIpc) is 2.53. The maximum Gasteiger partial charge on any atom is 0.118 e. The van der Waals surface area contributed by atoms with Gasteiger partial charge in [-0.2, -0.15) is 0 Å². The van der Waals surface area contributed by atoms with Crippen molar-refractivity contribution in [2.75, 3.05) is 7.11 Å². The van der Waals surface area contributed by atoms with Crippen molar-refractivity contribution < 1.29 is 4.74 Å². The third-order valence-electron chi connectivity index (χ3n) is 3.24. The van der Waals surface area contributed by atoms with E-state index in [0.29, 0.717) is 0 Å². The molecule has 0 unspecified atom stereocenters. The fourth-order valence-electron chi connectivity index (χ4n) is 2.10. The van der Waals surface area contributed by atoms with Crippen LogP contribution in [0.25, 0.3) is 23.1 Å². The number of hydrogen-bond acceptors (Lipinski definition) is 2. The minimum Gasteiger partial charge on any atom is -0.497 e. The summed E-state index contributed by atoms with van der Waals surface area (Å²) in [6.45, 7) is 0. The third kappa shape index (κ3) is 3.23. The van der Waals surface area contributed by atoms with Gasteiger partial charge in [-0.15, -0.1) is 0 Å². The summed E-state index contributed by atoms with van der Waals surface area (Å²) in [7, 11) is 1.66. The van der Waals surface area contributed by atoms with Crippen LogP contribution >= 0.6 is 11.6 Å². The maximum atomic E-state index is 5.97. The number of hydrogen-bond donors (Lipinski definition) is 0. The Balaban J connectivity index is 1.86. The molecule has 21 heavy (non-hydrogen) atoms. The second-order valence-corrected chi connectivity index (χ2v) is 5.12. The average molecular weight is 296 g/mol. The fraction of sp³-hybridized carbons (Fsp3) is 0.0556. The normalized spacial score (nSPS) is 11.1. The molecule has 0 aliphatic carbocycles. The molecule has 3 rings (SSSR count). The van der Waals surface area contributed by atoms with Crippen LogP contribution in [0, 0.1) is 0 Å². The maximum absolute atomic E-state index is 5.97. The van der Waals surface area contributed by atoms with Gasteiger partial charge in [-0.25, -0.2) is 4.98 Å². The first-order valence-corrected chi connectivity index (χ1v) is 7.01. The highest BCUT2D eigenvalue weighted by Gasteiger charge is 1.97. The zero-order valence-corrected chi connectivity index (χ0v) is 12.3. The molecule has 0 N–H and O–H groups in total. The SMILES string of the molecule is COc1ccc(C=Cc2ccc3cc(Cl)ccc3n2)cc1. The zero-order valence-electron chi connectivity index (χ0n) is 11.6. The lowest BCUT2D eigenvalue weighted by molar-refractivity contribution is 0.415. The molecule has 3 aromatic rings. The minimum absolute atomic E-state index is 0.728. The highest BCUT2D eigenvalue weighted by Crippen LogP contribution is 2.19. The molecule has 0 aliphatic rings. The van der Waals surface area contributed by atoms with Crippen LogP contribution in [0.2, 0.25) is 5.02 Å². The Labute approximate surface area is 128 Å². The van der Waals surface area contributed by atoms with Gasteiger partial charge in [-0.1, -0.05) is 35.9 Å². The molecule has 0 radical (unpaired) electrons. The van der Waals surface area contributed by atoms with Crippen LogP contribution in [-0.4, -0.2) is 12.1 Å². The first kappa shape index (κ1) is 13.7. The van der Waals surface area contributed by atoms with Gasteiger partial charge in [0.05, 0.1) is 18.3 Å². The molecule has 3 heteroatoms. The molecule has 0 fully saturated rings. The number of pyridine rings is 1. The summed E-state index contributed by atoms with van der Waals surface area (Å²) < 4.78 is 5.14. The molecular formula is C18H14ClNO. The van der Waals surface area contributed by atoms with E-state index in [4.69, 9.17) is 16.3 Å². The molecule has 0 aliphatic heterocycles. The number of ether oxygens (including phenoxy) is 1. The lowest BCUT2D eigenvalue weighted by Gasteiger charge is -2.01. The highest BCUT2D eigenvalue weighted by atomic mass is 35.5. The van der Waals surface area contributed by atoms with Crippen molar-refractivity contribution in [3.63, 3.8) is 0 Å². The zero-order chi connectivity index (χ0) is 14.7. The van der Waals surface area contributed by atoms with E-state index in [9.17, 15) is 0 Å². The fourth-order valence-corrected chi connectivity index (χ4v) is 2.28. The number of rotatable bonds is 3. The van der Waals surface area contributed by atoms with Gasteiger partial charge in [0, 0.05) is 10.4 Å². The van der Waals surface area contributed by atoms with Crippen LogP contribution in [0.15, 0.2) is 54.6 Å². The molecule has 0 saturated carbocycles. The highest BCUT2D eigenvalue weighted by molar-refractivity contribution is 6.31. The van der Waals surface area contributed by atoms with E-state index in [-0.39, 0.29) is 0 Å². The van der Waals surface area contributed by atoms with E-state index < -0.39 is 0 Å². The Hall–Kier alpha value is -2.32. The second-order valence-electron chi connectivity index (χ2n) is 4.68. The monoisotopic (exact) mass is 295 g/mol. The lowest BCUT2D eigenvalue weighted by Crippen LogP contribution is -1.83. The van der Waals surface area contributed by atoms with Crippen molar-refractivity contribution >= 4 is 34.7 Å². The topological polar surface area (TPSA) is 22.1 Å². The molecule has 104 valence electrons. The van der Waals surface area contributed by atoms with Crippen molar-refractivity contribution in [3.8, 4) is 5.75 Å². The summed E-state index contributed by atoms with van der Waals surface area (Å²) in [5, 5.41) is 1.77. The van der Waals surface area contributed by atoms with E-state index in [1.807, 2.05) is 66.7 Å². The Morgan fingerprint density at radius 3 is 2.52 bits per heavy atom. The van der Waals surface area contributed by atoms with Gasteiger partial charge in [0.1, 0.15) is 5.75 Å². The summed E-state index contributed by atoms with van der Waals surface area (Å²) in [5.74, 6) is 0.854. The number of halogens is 1.